The Morgan fingerprint density at radius 2 is 2.00 bits per heavy atom. The Bertz CT molecular complexity index is 776. The highest BCUT2D eigenvalue weighted by atomic mass is 16.5. The first-order valence-electron chi connectivity index (χ1n) is 7.89. The zero-order valence-electron chi connectivity index (χ0n) is 13.7. The number of nitrogens with one attached hydrogen (secondary N) is 2. The fraction of sp³-hybridized carbons (Fsp3) is 0.222. The third kappa shape index (κ3) is 3.56. The number of anilines is 2. The quantitative estimate of drug-likeness (QED) is 0.572. The Hall–Kier alpha value is -3.06. The molecule has 0 spiro atoms. The predicted molar refractivity (Wildman–Crippen MR) is 93.1 cm³/mol. The van der Waals surface area contributed by atoms with E-state index in [-0.39, 0.29) is 11.9 Å². The van der Waals surface area contributed by atoms with E-state index in [4.69, 9.17) is 9.94 Å². The lowest BCUT2D eigenvalue weighted by Crippen LogP contribution is -2.33. The average Bonchev–Trinajstić information content (AvgIpc) is 3.02. The summed E-state index contributed by atoms with van der Waals surface area (Å²) in [7, 11) is 1.59. The summed E-state index contributed by atoms with van der Waals surface area (Å²) in [5, 5.41) is 11.8. The summed E-state index contributed by atoms with van der Waals surface area (Å²) >= 11 is 0. The molecule has 0 saturated carbocycles. The van der Waals surface area contributed by atoms with Crippen LogP contribution in [-0.4, -0.2) is 36.7 Å². The Morgan fingerprint density at radius 1 is 1.24 bits per heavy atom. The predicted octanol–water partition coefficient (Wildman–Crippen LogP) is 2.03. The molecule has 25 heavy (non-hydrogen) atoms. The standard InChI is InChI=1S/C18H19N3O4/c1-25-15-4-2-3-14(11-15)21-10-9-16(18(21)23)19-13-7-5-12(6-8-13)17(22)20-24/h2-8,11,16,19,24H,9-10H2,1H3,(H,20,22). The summed E-state index contributed by atoms with van der Waals surface area (Å²) in [6, 6.07) is 13.6. The zero-order chi connectivity index (χ0) is 17.8. The van der Waals surface area contributed by atoms with Gasteiger partial charge in [-0.15, -0.1) is 0 Å². The van der Waals surface area contributed by atoms with Crippen molar-refractivity contribution in [2.45, 2.75) is 12.5 Å². The van der Waals surface area contributed by atoms with Crippen LogP contribution in [0.5, 0.6) is 5.75 Å². The topological polar surface area (TPSA) is 90.9 Å². The molecule has 1 unspecified atom stereocenters. The largest absolute Gasteiger partial charge is 0.497 e. The highest BCUT2D eigenvalue weighted by molar-refractivity contribution is 6.01. The Balaban J connectivity index is 1.68. The van der Waals surface area contributed by atoms with E-state index in [0.29, 0.717) is 24.3 Å². The molecule has 2 aromatic rings. The molecule has 130 valence electrons. The minimum atomic E-state index is -0.576. The molecule has 0 aliphatic carbocycles. The van der Waals surface area contributed by atoms with E-state index in [0.717, 1.165) is 11.4 Å². The fourth-order valence-corrected chi connectivity index (χ4v) is 2.83. The van der Waals surface area contributed by atoms with Crippen LogP contribution >= 0.6 is 0 Å². The molecule has 7 heteroatoms. The number of carbonyl (C=O) groups excluding carboxylic acids is 2. The van der Waals surface area contributed by atoms with Gasteiger partial charge >= 0.3 is 0 Å². The van der Waals surface area contributed by atoms with Gasteiger partial charge in [-0.25, -0.2) is 5.48 Å². The lowest BCUT2D eigenvalue weighted by Gasteiger charge is -2.18. The highest BCUT2D eigenvalue weighted by Crippen LogP contribution is 2.26. The SMILES string of the molecule is COc1cccc(N2CCC(Nc3ccc(C(=O)NO)cc3)C2=O)c1. The van der Waals surface area contributed by atoms with Crippen LogP contribution in [0.15, 0.2) is 48.5 Å². The molecule has 1 atom stereocenters. The van der Waals surface area contributed by atoms with Crippen LogP contribution < -0.4 is 20.4 Å². The van der Waals surface area contributed by atoms with Crippen molar-refractivity contribution in [1.29, 1.82) is 0 Å². The minimum absolute atomic E-state index is 0.00886. The maximum atomic E-state index is 12.7. The number of benzene rings is 2. The number of nitrogens with zero attached hydrogens (tertiary/aromatic N) is 1. The molecule has 1 aliphatic rings. The van der Waals surface area contributed by atoms with Gasteiger partial charge in [-0.2, -0.15) is 0 Å². The number of hydroxylamine groups is 1. The fourth-order valence-electron chi connectivity index (χ4n) is 2.83. The van der Waals surface area contributed by atoms with E-state index < -0.39 is 5.91 Å². The van der Waals surface area contributed by atoms with E-state index in [9.17, 15) is 9.59 Å². The number of hydrogen-bond donors (Lipinski definition) is 3. The molecule has 3 rings (SSSR count). The number of rotatable bonds is 5. The summed E-state index contributed by atoms with van der Waals surface area (Å²) in [5.74, 6) is 0.123. The van der Waals surface area contributed by atoms with Crippen molar-refractivity contribution in [3.63, 3.8) is 0 Å². The molecule has 0 radical (unpaired) electrons. The van der Waals surface area contributed by atoms with Gasteiger partial charge in [0.05, 0.1) is 7.11 Å². The number of hydrogen-bond acceptors (Lipinski definition) is 5. The molecule has 0 bridgehead atoms. The molecule has 2 amide bonds. The number of methoxy groups -OCH3 is 1. The summed E-state index contributed by atoms with van der Waals surface area (Å²) in [6.07, 6.45) is 0.676. The van der Waals surface area contributed by atoms with Gasteiger partial charge in [0, 0.05) is 29.5 Å². The summed E-state index contributed by atoms with van der Waals surface area (Å²) in [4.78, 5) is 25.7. The minimum Gasteiger partial charge on any atom is -0.497 e. The lowest BCUT2D eigenvalue weighted by molar-refractivity contribution is -0.117. The van der Waals surface area contributed by atoms with Crippen molar-refractivity contribution in [1.82, 2.24) is 5.48 Å². The second-order valence-electron chi connectivity index (χ2n) is 5.70. The molecular weight excluding hydrogens is 322 g/mol. The van der Waals surface area contributed by atoms with Crippen LogP contribution in [0.2, 0.25) is 0 Å². The first-order valence-corrected chi connectivity index (χ1v) is 7.89. The summed E-state index contributed by atoms with van der Waals surface area (Å²) in [6.45, 7) is 0.620. The molecule has 1 aliphatic heterocycles. The smallest absolute Gasteiger partial charge is 0.274 e. The first-order chi connectivity index (χ1) is 12.1. The van der Waals surface area contributed by atoms with E-state index in [1.165, 1.54) is 0 Å². The lowest BCUT2D eigenvalue weighted by atomic mass is 10.1. The van der Waals surface area contributed by atoms with Gasteiger partial charge in [-0.3, -0.25) is 14.8 Å². The van der Waals surface area contributed by atoms with Crippen LogP contribution in [0.1, 0.15) is 16.8 Å². The van der Waals surface area contributed by atoms with Gasteiger partial charge in [0.25, 0.3) is 5.91 Å². The van der Waals surface area contributed by atoms with Crippen LogP contribution in [0, 0.1) is 0 Å². The third-order valence-corrected chi connectivity index (χ3v) is 4.16. The second kappa shape index (κ2) is 7.23. The summed E-state index contributed by atoms with van der Waals surface area (Å²) < 4.78 is 5.21. The highest BCUT2D eigenvalue weighted by Gasteiger charge is 2.32. The van der Waals surface area contributed by atoms with Crippen molar-refractivity contribution in [2.75, 3.05) is 23.9 Å². The summed E-state index contributed by atoms with van der Waals surface area (Å²) in [5.41, 5.74) is 3.47. The molecule has 2 aromatic carbocycles. The Labute approximate surface area is 145 Å². The van der Waals surface area contributed by atoms with Crippen LogP contribution in [0.3, 0.4) is 0 Å². The number of ether oxygens (including phenoxy) is 1. The molecule has 7 nitrogen and oxygen atoms in total. The zero-order valence-corrected chi connectivity index (χ0v) is 13.7. The van der Waals surface area contributed by atoms with Crippen LogP contribution in [0.4, 0.5) is 11.4 Å². The second-order valence-corrected chi connectivity index (χ2v) is 5.70. The normalized spacial score (nSPS) is 16.6. The van der Waals surface area contributed by atoms with Gasteiger partial charge in [0.2, 0.25) is 5.91 Å². The third-order valence-electron chi connectivity index (χ3n) is 4.16. The van der Waals surface area contributed by atoms with Crippen LogP contribution in [-0.2, 0) is 4.79 Å². The van der Waals surface area contributed by atoms with Gasteiger partial charge in [0.15, 0.2) is 0 Å². The van der Waals surface area contributed by atoms with Crippen LogP contribution in [0.25, 0.3) is 0 Å². The van der Waals surface area contributed by atoms with Crippen molar-refractivity contribution in [2.24, 2.45) is 0 Å². The number of amides is 2. The van der Waals surface area contributed by atoms with Gasteiger partial charge in [0.1, 0.15) is 11.8 Å². The Morgan fingerprint density at radius 3 is 2.68 bits per heavy atom. The monoisotopic (exact) mass is 341 g/mol. The van der Waals surface area contributed by atoms with Crippen molar-refractivity contribution in [3.05, 3.63) is 54.1 Å². The first kappa shape index (κ1) is 16.8. The maximum Gasteiger partial charge on any atom is 0.274 e. The van der Waals surface area contributed by atoms with Gasteiger partial charge in [-0.1, -0.05) is 6.07 Å². The van der Waals surface area contributed by atoms with E-state index in [1.807, 2.05) is 24.3 Å². The van der Waals surface area contributed by atoms with E-state index >= 15 is 0 Å². The molecular formula is C18H19N3O4. The van der Waals surface area contributed by atoms with E-state index in [2.05, 4.69) is 5.32 Å². The van der Waals surface area contributed by atoms with Gasteiger partial charge < -0.3 is 15.0 Å². The van der Waals surface area contributed by atoms with Crippen molar-refractivity contribution >= 4 is 23.2 Å². The molecule has 3 N–H and O–H groups in total. The molecule has 1 heterocycles. The molecule has 1 fully saturated rings. The number of carbonyl (C=O) groups is 2. The van der Waals surface area contributed by atoms with Gasteiger partial charge in [-0.05, 0) is 42.8 Å². The molecule has 0 aromatic heterocycles. The average molecular weight is 341 g/mol. The van der Waals surface area contributed by atoms with Crippen molar-refractivity contribution in [3.8, 4) is 5.75 Å². The molecule has 1 saturated heterocycles. The maximum absolute atomic E-state index is 12.7. The Kier molecular flexibility index (Phi) is 4.85. The van der Waals surface area contributed by atoms with Crippen molar-refractivity contribution < 1.29 is 19.5 Å². The van der Waals surface area contributed by atoms with E-state index in [1.54, 1.807) is 41.8 Å².